The fourth-order valence-electron chi connectivity index (χ4n) is 2.06. The van der Waals surface area contributed by atoms with E-state index in [1.54, 1.807) is 18.2 Å². The van der Waals surface area contributed by atoms with E-state index < -0.39 is 34.3 Å². The first-order valence-corrected chi connectivity index (χ1v) is 6.39. The summed E-state index contributed by atoms with van der Waals surface area (Å²) in [5, 5.41) is -3.50. The van der Waals surface area contributed by atoms with Gasteiger partial charge in [0.15, 0.2) is 11.1 Å². The van der Waals surface area contributed by atoms with Crippen molar-refractivity contribution in [2.75, 3.05) is 0 Å². The highest BCUT2D eigenvalue weighted by Gasteiger charge is 2.64. The van der Waals surface area contributed by atoms with Crippen LogP contribution in [-0.4, -0.2) is 19.7 Å². The maximum absolute atomic E-state index is 14.5. The minimum absolute atomic E-state index is 0.248. The second-order valence-electron chi connectivity index (χ2n) is 4.12. The van der Waals surface area contributed by atoms with E-state index >= 15 is 0 Å². The van der Waals surface area contributed by atoms with Crippen molar-refractivity contribution < 1.29 is 21.9 Å². The van der Waals surface area contributed by atoms with Crippen LogP contribution in [0.2, 0.25) is 0 Å². The Morgan fingerprint density at radius 3 is 2.39 bits per heavy atom. The molecule has 0 spiro atoms. The molecule has 98 valence electrons. The molecule has 6 heteroatoms. The van der Waals surface area contributed by atoms with E-state index in [2.05, 4.69) is 0 Å². The lowest BCUT2D eigenvalue weighted by Crippen LogP contribution is -2.53. The van der Waals surface area contributed by atoms with Gasteiger partial charge in [-0.15, -0.1) is 0 Å². The van der Waals surface area contributed by atoms with E-state index in [1.165, 1.54) is 18.2 Å². The molecule has 0 saturated carbocycles. The first-order valence-electron chi connectivity index (χ1n) is 5.29. The SMILES string of the molecule is O=S(O)C1(F)C(c2ccccc2)C=CCC1(F)F. The van der Waals surface area contributed by atoms with Gasteiger partial charge in [0.2, 0.25) is 0 Å². The highest BCUT2D eigenvalue weighted by Crippen LogP contribution is 2.50. The van der Waals surface area contributed by atoms with E-state index in [0.29, 0.717) is 0 Å². The van der Waals surface area contributed by atoms with Crippen LogP contribution in [0, 0.1) is 0 Å². The monoisotopic (exact) mass is 276 g/mol. The molecule has 0 aromatic heterocycles. The zero-order valence-electron chi connectivity index (χ0n) is 9.22. The fourth-order valence-corrected chi connectivity index (χ4v) is 2.84. The topological polar surface area (TPSA) is 37.3 Å². The normalized spacial score (nSPS) is 32.1. The van der Waals surface area contributed by atoms with Gasteiger partial charge in [0.1, 0.15) is 0 Å². The Hall–Kier alpha value is -1.14. The second kappa shape index (κ2) is 4.51. The summed E-state index contributed by atoms with van der Waals surface area (Å²) in [6.45, 7) is 0. The van der Waals surface area contributed by atoms with Crippen molar-refractivity contribution in [1.82, 2.24) is 0 Å². The Balaban J connectivity index is 2.55. The van der Waals surface area contributed by atoms with Crippen LogP contribution >= 0.6 is 0 Å². The zero-order valence-corrected chi connectivity index (χ0v) is 10.0. The maximum Gasteiger partial charge on any atom is 0.299 e. The van der Waals surface area contributed by atoms with Gasteiger partial charge in [-0.1, -0.05) is 42.5 Å². The number of allylic oxidation sites excluding steroid dienone is 2. The lowest BCUT2D eigenvalue weighted by molar-refractivity contribution is -0.103. The molecule has 1 aliphatic rings. The van der Waals surface area contributed by atoms with Gasteiger partial charge in [-0.05, 0) is 5.56 Å². The lowest BCUT2D eigenvalue weighted by atomic mass is 9.84. The highest BCUT2D eigenvalue weighted by molar-refractivity contribution is 7.80. The van der Waals surface area contributed by atoms with Gasteiger partial charge < -0.3 is 4.55 Å². The third kappa shape index (κ3) is 1.89. The van der Waals surface area contributed by atoms with Crippen molar-refractivity contribution in [1.29, 1.82) is 0 Å². The Kier molecular flexibility index (Phi) is 3.33. The van der Waals surface area contributed by atoms with E-state index in [4.69, 9.17) is 4.55 Å². The lowest BCUT2D eigenvalue weighted by Gasteiger charge is -2.37. The standard InChI is InChI=1S/C12H11F3O2S/c13-11(14)8-4-7-10(12(11,15)18(16)17)9-5-2-1-3-6-9/h1-7,10H,8H2,(H,16,17). The highest BCUT2D eigenvalue weighted by atomic mass is 32.2. The van der Waals surface area contributed by atoms with E-state index in [-0.39, 0.29) is 5.56 Å². The van der Waals surface area contributed by atoms with Gasteiger partial charge in [0, 0.05) is 6.42 Å². The average molecular weight is 276 g/mol. The number of alkyl halides is 3. The maximum atomic E-state index is 14.5. The average Bonchev–Trinajstić information content (AvgIpc) is 2.33. The summed E-state index contributed by atoms with van der Waals surface area (Å²) in [6, 6.07) is 7.70. The molecule has 1 aromatic rings. The summed E-state index contributed by atoms with van der Waals surface area (Å²) in [5.41, 5.74) is 0.248. The predicted octanol–water partition coefficient (Wildman–Crippen LogP) is 3.25. The molecule has 0 radical (unpaired) electrons. The molecule has 3 unspecified atom stereocenters. The quantitative estimate of drug-likeness (QED) is 0.665. The van der Waals surface area contributed by atoms with Crippen molar-refractivity contribution in [3.05, 3.63) is 48.0 Å². The molecule has 18 heavy (non-hydrogen) atoms. The molecule has 2 nitrogen and oxygen atoms in total. The minimum atomic E-state index is -3.87. The molecule has 1 N–H and O–H groups in total. The molecule has 0 bridgehead atoms. The smallest absolute Gasteiger partial charge is 0.299 e. The van der Waals surface area contributed by atoms with Crippen LogP contribution in [0.25, 0.3) is 0 Å². The van der Waals surface area contributed by atoms with Crippen LogP contribution in [0.3, 0.4) is 0 Å². The Labute approximate surface area is 105 Å². The predicted molar refractivity (Wildman–Crippen MR) is 62.5 cm³/mol. The Morgan fingerprint density at radius 2 is 1.83 bits per heavy atom. The van der Waals surface area contributed by atoms with Crippen molar-refractivity contribution in [2.24, 2.45) is 0 Å². The van der Waals surface area contributed by atoms with Gasteiger partial charge in [-0.3, -0.25) is 0 Å². The van der Waals surface area contributed by atoms with Crippen LogP contribution in [-0.2, 0) is 11.1 Å². The number of halogens is 3. The minimum Gasteiger partial charge on any atom is -0.303 e. The zero-order chi connectivity index (χ0) is 13.4. The van der Waals surface area contributed by atoms with Gasteiger partial charge in [-0.25, -0.2) is 17.4 Å². The molecule has 0 heterocycles. The van der Waals surface area contributed by atoms with Gasteiger partial charge >= 0.3 is 0 Å². The summed E-state index contributed by atoms with van der Waals surface area (Å²) in [5.74, 6) is -5.31. The molecule has 0 aliphatic heterocycles. The number of rotatable bonds is 2. The van der Waals surface area contributed by atoms with Crippen molar-refractivity contribution >= 4 is 11.1 Å². The molecule has 0 saturated heterocycles. The summed E-state index contributed by atoms with van der Waals surface area (Å²) >= 11 is -3.29. The summed E-state index contributed by atoms with van der Waals surface area (Å²) in [4.78, 5) is 0. The van der Waals surface area contributed by atoms with Gasteiger partial charge in [0.05, 0.1) is 5.92 Å². The third-order valence-electron chi connectivity index (χ3n) is 3.01. The third-order valence-corrected chi connectivity index (χ3v) is 4.08. The van der Waals surface area contributed by atoms with E-state index in [0.717, 1.165) is 6.08 Å². The summed E-state index contributed by atoms with van der Waals surface area (Å²) in [7, 11) is 0. The Bertz CT molecular complexity index is 489. The molecular formula is C12H11F3O2S. The summed E-state index contributed by atoms with van der Waals surface area (Å²) < 4.78 is 61.9. The van der Waals surface area contributed by atoms with Crippen LogP contribution in [0.1, 0.15) is 17.9 Å². The van der Waals surface area contributed by atoms with Crippen molar-refractivity contribution in [3.63, 3.8) is 0 Å². The molecular weight excluding hydrogens is 265 g/mol. The molecule has 2 rings (SSSR count). The Morgan fingerprint density at radius 1 is 1.22 bits per heavy atom. The molecule has 3 atom stereocenters. The number of hydrogen-bond donors (Lipinski definition) is 1. The van der Waals surface area contributed by atoms with Crippen molar-refractivity contribution in [3.8, 4) is 0 Å². The molecule has 1 aliphatic carbocycles. The van der Waals surface area contributed by atoms with Crippen LogP contribution in [0.5, 0.6) is 0 Å². The first kappa shape index (κ1) is 13.3. The summed E-state index contributed by atoms with van der Waals surface area (Å²) in [6.07, 6.45) is 1.49. The molecule has 1 aromatic carbocycles. The van der Waals surface area contributed by atoms with Gasteiger partial charge in [0.25, 0.3) is 10.9 Å². The largest absolute Gasteiger partial charge is 0.303 e. The van der Waals surface area contributed by atoms with Crippen LogP contribution in [0.15, 0.2) is 42.5 Å². The molecule has 0 fully saturated rings. The first-order chi connectivity index (χ1) is 8.39. The molecule has 0 amide bonds. The van der Waals surface area contributed by atoms with Crippen molar-refractivity contribution in [2.45, 2.75) is 23.3 Å². The number of benzene rings is 1. The van der Waals surface area contributed by atoms with Crippen LogP contribution < -0.4 is 0 Å². The van der Waals surface area contributed by atoms with E-state index in [1.807, 2.05) is 0 Å². The van der Waals surface area contributed by atoms with Gasteiger partial charge in [-0.2, -0.15) is 0 Å². The van der Waals surface area contributed by atoms with E-state index in [9.17, 15) is 17.4 Å². The fraction of sp³-hybridized carbons (Fsp3) is 0.333. The second-order valence-corrected chi connectivity index (χ2v) is 5.21. The van der Waals surface area contributed by atoms with Crippen LogP contribution in [0.4, 0.5) is 13.2 Å². The number of hydrogen-bond acceptors (Lipinski definition) is 1.